The number of carbonyl (C=O) groups excluding carboxylic acids is 2. The number of ether oxygens (including phenoxy) is 1. The van der Waals surface area contributed by atoms with E-state index < -0.39 is 0 Å². The van der Waals surface area contributed by atoms with Crippen LogP contribution in [0.5, 0.6) is 0 Å². The number of unbranched alkanes of at least 4 members (excludes halogenated alkanes) is 2. The molecule has 0 aromatic carbocycles. The second-order valence-electron chi connectivity index (χ2n) is 5.58. The van der Waals surface area contributed by atoms with Gasteiger partial charge in [-0.05, 0) is 38.5 Å². The molecular weight excluding hydrogens is 326 g/mol. The lowest BCUT2D eigenvalue weighted by molar-refractivity contribution is -0.148. The van der Waals surface area contributed by atoms with Gasteiger partial charge in [-0.15, -0.1) is 0 Å². The molecule has 1 rings (SSSR count). The molecule has 1 aromatic rings. The molecule has 0 bridgehead atoms. The van der Waals surface area contributed by atoms with Gasteiger partial charge in [-0.25, -0.2) is 9.97 Å². The van der Waals surface area contributed by atoms with Crippen LogP contribution < -0.4 is 5.32 Å². The smallest absolute Gasteiger partial charge is 0.306 e. The van der Waals surface area contributed by atoms with Crippen molar-refractivity contribution in [2.45, 2.75) is 58.0 Å². The van der Waals surface area contributed by atoms with Crippen molar-refractivity contribution >= 4 is 23.6 Å². The van der Waals surface area contributed by atoms with Crippen LogP contribution in [0.2, 0.25) is 0 Å². The summed E-state index contributed by atoms with van der Waals surface area (Å²) >= 11 is 1.49. The first kappa shape index (κ1) is 20.4. The first-order valence-corrected chi connectivity index (χ1v) is 9.50. The average molecular weight is 353 g/mol. The van der Waals surface area contributed by atoms with E-state index in [0.717, 1.165) is 41.4 Å². The molecule has 0 fully saturated rings. The Morgan fingerprint density at radius 1 is 1.17 bits per heavy atom. The molecule has 0 aliphatic rings. The minimum atomic E-state index is -0.383. The summed E-state index contributed by atoms with van der Waals surface area (Å²) in [7, 11) is 0. The molecular formula is C17H27N3O3S. The van der Waals surface area contributed by atoms with Crippen molar-refractivity contribution in [2.75, 3.05) is 19.4 Å². The van der Waals surface area contributed by atoms with Crippen molar-refractivity contribution in [1.29, 1.82) is 0 Å². The number of aryl methyl sites for hydroxylation is 2. The third-order valence-corrected chi connectivity index (χ3v) is 4.18. The minimum Gasteiger partial charge on any atom is -0.456 e. The molecule has 6 nitrogen and oxygen atoms in total. The van der Waals surface area contributed by atoms with Gasteiger partial charge in [0.1, 0.15) is 0 Å². The van der Waals surface area contributed by atoms with Gasteiger partial charge in [-0.1, -0.05) is 31.5 Å². The van der Waals surface area contributed by atoms with Gasteiger partial charge in [-0.3, -0.25) is 9.59 Å². The maximum absolute atomic E-state index is 11.8. The molecule has 1 aromatic heterocycles. The summed E-state index contributed by atoms with van der Waals surface area (Å²) in [6, 6.07) is 0. The highest BCUT2D eigenvalue weighted by molar-refractivity contribution is 7.98. The van der Waals surface area contributed by atoms with Gasteiger partial charge in [0.2, 0.25) is 0 Å². The van der Waals surface area contributed by atoms with Crippen molar-refractivity contribution in [1.82, 2.24) is 15.3 Å². The minimum absolute atomic E-state index is 0.215. The summed E-state index contributed by atoms with van der Waals surface area (Å²) in [6.07, 6.45) is 5.79. The number of amides is 1. The van der Waals surface area contributed by atoms with Crippen LogP contribution in [0.4, 0.5) is 0 Å². The summed E-state index contributed by atoms with van der Waals surface area (Å²) in [6.45, 7) is 6.34. The third kappa shape index (κ3) is 7.29. The fourth-order valence-corrected chi connectivity index (χ4v) is 2.72. The molecule has 134 valence electrons. The van der Waals surface area contributed by atoms with Crippen LogP contribution in [0.3, 0.4) is 0 Å². The zero-order valence-corrected chi connectivity index (χ0v) is 15.8. The lowest BCUT2D eigenvalue weighted by Gasteiger charge is -2.10. The van der Waals surface area contributed by atoms with E-state index in [1.165, 1.54) is 11.8 Å². The Morgan fingerprint density at radius 2 is 1.83 bits per heavy atom. The van der Waals surface area contributed by atoms with Crippen molar-refractivity contribution in [3.63, 3.8) is 0 Å². The molecule has 1 heterocycles. The summed E-state index contributed by atoms with van der Waals surface area (Å²) in [5.74, 6) is -0.633. The molecule has 0 aliphatic carbocycles. The quantitative estimate of drug-likeness (QED) is 0.301. The number of esters is 1. The van der Waals surface area contributed by atoms with E-state index in [2.05, 4.69) is 22.2 Å². The number of aromatic nitrogens is 2. The second-order valence-corrected chi connectivity index (χ2v) is 6.35. The van der Waals surface area contributed by atoms with E-state index in [9.17, 15) is 9.59 Å². The Kier molecular flexibility index (Phi) is 9.37. The number of hydrogen-bond acceptors (Lipinski definition) is 6. The summed E-state index contributed by atoms with van der Waals surface area (Å²) < 4.78 is 5.01. The number of rotatable bonds is 10. The molecule has 0 saturated heterocycles. The summed E-state index contributed by atoms with van der Waals surface area (Å²) in [5.41, 5.74) is 2.73. The highest BCUT2D eigenvalue weighted by atomic mass is 32.2. The summed E-state index contributed by atoms with van der Waals surface area (Å²) in [5, 5.41) is 3.47. The van der Waals surface area contributed by atoms with Gasteiger partial charge < -0.3 is 10.1 Å². The van der Waals surface area contributed by atoms with E-state index in [4.69, 9.17) is 4.74 Å². The van der Waals surface area contributed by atoms with Gasteiger partial charge in [0.05, 0.1) is 0 Å². The van der Waals surface area contributed by atoms with Crippen molar-refractivity contribution in [2.24, 2.45) is 0 Å². The van der Waals surface area contributed by atoms with Crippen LogP contribution in [0.15, 0.2) is 5.16 Å². The van der Waals surface area contributed by atoms with Crippen molar-refractivity contribution in [3.05, 3.63) is 17.0 Å². The first-order valence-electron chi connectivity index (χ1n) is 8.28. The second kappa shape index (κ2) is 11.0. The maximum atomic E-state index is 11.8. The van der Waals surface area contributed by atoms with Crippen molar-refractivity contribution in [3.8, 4) is 0 Å². The molecule has 0 unspecified atom stereocenters. The number of nitrogens with one attached hydrogen (secondary N) is 1. The van der Waals surface area contributed by atoms with Crippen LogP contribution in [0.25, 0.3) is 0 Å². The Bertz CT molecular complexity index is 541. The zero-order valence-electron chi connectivity index (χ0n) is 15.0. The van der Waals surface area contributed by atoms with Gasteiger partial charge in [0.25, 0.3) is 5.91 Å². The van der Waals surface area contributed by atoms with Crippen LogP contribution in [-0.2, 0) is 20.7 Å². The standard InChI is InChI=1S/C17H27N3O3S/c1-5-6-7-10-18-15(21)11-23-16(22)9-8-14-12(2)19-17(24-4)20-13(14)3/h5-11H2,1-4H3,(H,18,21). The molecule has 0 radical (unpaired) electrons. The summed E-state index contributed by atoms with van der Waals surface area (Å²) in [4.78, 5) is 32.1. The van der Waals surface area contributed by atoms with E-state index >= 15 is 0 Å². The molecule has 0 spiro atoms. The fourth-order valence-electron chi connectivity index (χ4n) is 2.26. The molecule has 1 amide bonds. The molecule has 0 atom stereocenters. The van der Waals surface area contributed by atoms with E-state index in [-0.39, 0.29) is 24.9 Å². The highest BCUT2D eigenvalue weighted by Crippen LogP contribution is 2.17. The molecule has 1 N–H and O–H groups in total. The van der Waals surface area contributed by atoms with E-state index in [1.807, 2.05) is 20.1 Å². The lowest BCUT2D eigenvalue weighted by atomic mass is 10.1. The van der Waals surface area contributed by atoms with Crippen LogP contribution in [0.1, 0.15) is 49.6 Å². The number of thioether (sulfide) groups is 1. The molecule has 7 heteroatoms. The first-order chi connectivity index (χ1) is 11.5. The van der Waals surface area contributed by atoms with Crippen LogP contribution >= 0.6 is 11.8 Å². The molecule has 0 saturated carbocycles. The largest absolute Gasteiger partial charge is 0.456 e. The normalized spacial score (nSPS) is 10.5. The molecule has 24 heavy (non-hydrogen) atoms. The monoisotopic (exact) mass is 353 g/mol. The van der Waals surface area contributed by atoms with E-state index in [0.29, 0.717) is 13.0 Å². The Balaban J connectivity index is 2.35. The Hall–Kier alpha value is -1.63. The predicted octanol–water partition coefficient (Wildman–Crippen LogP) is 2.60. The zero-order chi connectivity index (χ0) is 17.9. The van der Waals surface area contributed by atoms with Gasteiger partial charge in [0, 0.05) is 24.4 Å². The molecule has 0 aliphatic heterocycles. The van der Waals surface area contributed by atoms with Gasteiger partial charge in [-0.2, -0.15) is 0 Å². The van der Waals surface area contributed by atoms with Crippen LogP contribution in [-0.4, -0.2) is 41.3 Å². The fraction of sp³-hybridized carbons (Fsp3) is 0.647. The lowest BCUT2D eigenvalue weighted by Crippen LogP contribution is -2.29. The number of hydrogen-bond donors (Lipinski definition) is 1. The number of nitrogens with zero attached hydrogens (tertiary/aromatic N) is 2. The third-order valence-electron chi connectivity index (χ3n) is 3.63. The SMILES string of the molecule is CCCCCNC(=O)COC(=O)CCc1c(C)nc(SC)nc1C. The van der Waals surface area contributed by atoms with Gasteiger partial charge in [0.15, 0.2) is 11.8 Å². The topological polar surface area (TPSA) is 81.2 Å². The Labute approximate surface area is 148 Å². The van der Waals surface area contributed by atoms with E-state index in [1.54, 1.807) is 0 Å². The highest BCUT2D eigenvalue weighted by Gasteiger charge is 2.12. The average Bonchev–Trinajstić information content (AvgIpc) is 2.55. The van der Waals surface area contributed by atoms with Crippen molar-refractivity contribution < 1.29 is 14.3 Å². The number of carbonyl (C=O) groups is 2. The Morgan fingerprint density at radius 3 is 2.42 bits per heavy atom. The predicted molar refractivity (Wildman–Crippen MR) is 95.1 cm³/mol. The maximum Gasteiger partial charge on any atom is 0.306 e. The van der Waals surface area contributed by atoms with Crippen LogP contribution in [0, 0.1) is 13.8 Å². The van der Waals surface area contributed by atoms with Gasteiger partial charge >= 0.3 is 5.97 Å².